The number of aromatic nitrogens is 2. The zero-order valence-corrected chi connectivity index (χ0v) is 12.0. The average molecular weight is 287 g/mol. The molecule has 0 unspecified atom stereocenters. The molecule has 3 rings (SSSR count). The van der Waals surface area contributed by atoms with Gasteiger partial charge in [0.15, 0.2) is 0 Å². The number of nitrogens with one attached hydrogen (secondary N) is 1. The summed E-state index contributed by atoms with van der Waals surface area (Å²) in [5, 5.41) is 17.1. The third-order valence-electron chi connectivity index (χ3n) is 3.53. The number of fused-ring (bicyclic) bond motifs is 1. The molecule has 0 amide bonds. The Labute approximate surface area is 127 Å². The van der Waals surface area contributed by atoms with Crippen LogP contribution in [0.15, 0.2) is 54.2 Å². The van der Waals surface area contributed by atoms with E-state index in [1.54, 1.807) is 24.4 Å². The number of rotatable bonds is 3. The van der Waals surface area contributed by atoms with Crippen molar-refractivity contribution in [1.82, 2.24) is 10.2 Å². The first-order valence-electron chi connectivity index (χ1n) is 6.84. The van der Waals surface area contributed by atoms with Crippen molar-refractivity contribution in [3.63, 3.8) is 0 Å². The van der Waals surface area contributed by atoms with Gasteiger partial charge in [-0.25, -0.2) is 0 Å². The van der Waals surface area contributed by atoms with Crippen LogP contribution >= 0.6 is 0 Å². The molecule has 0 aliphatic heterocycles. The lowest BCUT2D eigenvalue weighted by Crippen LogP contribution is -2.04. The first kappa shape index (κ1) is 13.8. The second kappa shape index (κ2) is 5.66. The molecule has 3 aromatic rings. The molecule has 1 heterocycles. The third kappa shape index (κ3) is 2.52. The highest BCUT2D eigenvalue weighted by molar-refractivity contribution is 6.14. The molecule has 4 nitrogen and oxygen atoms in total. The number of nitriles is 1. The van der Waals surface area contributed by atoms with E-state index in [0.29, 0.717) is 5.56 Å². The molecule has 0 atom stereocenters. The Morgan fingerprint density at radius 3 is 2.86 bits per heavy atom. The summed E-state index contributed by atoms with van der Waals surface area (Å²) < 4.78 is 0. The predicted octanol–water partition coefficient (Wildman–Crippen LogP) is 3.66. The second-order valence-electron chi connectivity index (χ2n) is 5.03. The van der Waals surface area contributed by atoms with Crippen LogP contribution in [0.25, 0.3) is 17.0 Å². The third-order valence-corrected chi connectivity index (χ3v) is 3.53. The number of ketones is 1. The summed E-state index contributed by atoms with van der Waals surface area (Å²) in [5.41, 5.74) is 3.25. The molecule has 0 spiro atoms. The van der Waals surface area contributed by atoms with Gasteiger partial charge in [0.25, 0.3) is 0 Å². The van der Waals surface area contributed by atoms with Crippen molar-refractivity contribution >= 4 is 22.8 Å². The van der Waals surface area contributed by atoms with Gasteiger partial charge in [-0.3, -0.25) is 9.89 Å². The van der Waals surface area contributed by atoms with E-state index < -0.39 is 0 Å². The number of allylic oxidation sites excluding steroid dienone is 1. The highest BCUT2D eigenvalue weighted by Gasteiger charge is 2.14. The molecular weight excluding hydrogens is 274 g/mol. The van der Waals surface area contributed by atoms with E-state index >= 15 is 0 Å². The fourth-order valence-electron chi connectivity index (χ4n) is 2.34. The summed E-state index contributed by atoms with van der Waals surface area (Å²) in [6, 6.07) is 14.9. The SMILES string of the molecule is Cc1ccccc1C(=O)/C(C#N)=C\c1ccc2[nH]ncc2c1. The van der Waals surface area contributed by atoms with Crippen LogP contribution in [-0.2, 0) is 0 Å². The van der Waals surface area contributed by atoms with Crippen LogP contribution in [0.1, 0.15) is 21.5 Å². The second-order valence-corrected chi connectivity index (χ2v) is 5.03. The average Bonchev–Trinajstić information content (AvgIpc) is 3.00. The van der Waals surface area contributed by atoms with Crippen LogP contribution in [0.2, 0.25) is 0 Å². The summed E-state index contributed by atoms with van der Waals surface area (Å²) in [6.45, 7) is 1.86. The van der Waals surface area contributed by atoms with E-state index in [1.165, 1.54) is 0 Å². The first-order chi connectivity index (χ1) is 10.7. The Balaban J connectivity index is 2.01. The van der Waals surface area contributed by atoms with E-state index in [4.69, 9.17) is 0 Å². The quantitative estimate of drug-likeness (QED) is 0.454. The maximum absolute atomic E-state index is 12.5. The van der Waals surface area contributed by atoms with E-state index in [2.05, 4.69) is 10.2 Å². The Kier molecular flexibility index (Phi) is 3.55. The molecule has 0 saturated carbocycles. The summed E-state index contributed by atoms with van der Waals surface area (Å²) in [7, 11) is 0. The summed E-state index contributed by atoms with van der Waals surface area (Å²) in [5.74, 6) is -0.257. The molecule has 0 bridgehead atoms. The van der Waals surface area contributed by atoms with Crippen LogP contribution in [0.5, 0.6) is 0 Å². The van der Waals surface area contributed by atoms with Crippen molar-refractivity contribution in [1.29, 1.82) is 5.26 Å². The van der Waals surface area contributed by atoms with Crippen LogP contribution in [0.3, 0.4) is 0 Å². The Morgan fingerprint density at radius 1 is 1.27 bits per heavy atom. The lowest BCUT2D eigenvalue weighted by Gasteiger charge is -2.03. The highest BCUT2D eigenvalue weighted by Crippen LogP contribution is 2.18. The number of benzene rings is 2. The molecular formula is C18H13N3O. The van der Waals surface area contributed by atoms with E-state index in [9.17, 15) is 10.1 Å². The lowest BCUT2D eigenvalue weighted by molar-refractivity contribution is 0.103. The van der Waals surface area contributed by atoms with Gasteiger partial charge < -0.3 is 0 Å². The fraction of sp³-hybridized carbons (Fsp3) is 0.0556. The van der Waals surface area contributed by atoms with Gasteiger partial charge in [0.2, 0.25) is 5.78 Å². The Morgan fingerprint density at radius 2 is 2.09 bits per heavy atom. The van der Waals surface area contributed by atoms with E-state index in [1.807, 2.05) is 43.3 Å². The minimum Gasteiger partial charge on any atom is -0.288 e. The molecule has 0 aliphatic rings. The van der Waals surface area contributed by atoms with Gasteiger partial charge in [-0.1, -0.05) is 30.3 Å². The molecule has 0 fully saturated rings. The zero-order valence-electron chi connectivity index (χ0n) is 12.0. The van der Waals surface area contributed by atoms with Gasteiger partial charge in [-0.15, -0.1) is 0 Å². The van der Waals surface area contributed by atoms with Crippen molar-refractivity contribution in [2.24, 2.45) is 0 Å². The van der Waals surface area contributed by atoms with Crippen LogP contribution in [0.4, 0.5) is 0 Å². The van der Waals surface area contributed by atoms with Gasteiger partial charge in [0.05, 0.1) is 11.7 Å². The predicted molar refractivity (Wildman–Crippen MR) is 85.2 cm³/mol. The number of carbonyl (C=O) groups excluding carboxylic acids is 1. The summed E-state index contributed by atoms with van der Waals surface area (Å²) in [4.78, 5) is 12.5. The normalized spacial score (nSPS) is 11.4. The number of carbonyl (C=O) groups is 1. The number of hydrogen-bond donors (Lipinski definition) is 1. The molecule has 22 heavy (non-hydrogen) atoms. The summed E-state index contributed by atoms with van der Waals surface area (Å²) in [6.07, 6.45) is 3.32. The number of Topliss-reactive ketones (excluding diaryl/α,β-unsaturated/α-hetero) is 1. The zero-order chi connectivity index (χ0) is 15.5. The number of nitrogens with zero attached hydrogens (tertiary/aromatic N) is 2. The number of aryl methyl sites for hydroxylation is 1. The standard InChI is InChI=1S/C18H13N3O/c1-12-4-2-3-5-16(12)18(22)14(10-19)8-13-6-7-17-15(9-13)11-20-21-17/h2-9,11H,1H3,(H,20,21)/b14-8-. The van der Waals surface area contributed by atoms with Gasteiger partial charge in [0, 0.05) is 10.9 Å². The molecule has 0 aliphatic carbocycles. The number of H-pyrrole nitrogens is 1. The van der Waals surface area contributed by atoms with Crippen LogP contribution < -0.4 is 0 Å². The smallest absolute Gasteiger partial charge is 0.203 e. The number of hydrogen-bond acceptors (Lipinski definition) is 3. The minimum atomic E-state index is -0.257. The van der Waals surface area contributed by atoms with Gasteiger partial charge in [-0.2, -0.15) is 10.4 Å². The van der Waals surface area contributed by atoms with Crippen molar-refractivity contribution in [3.05, 3.63) is 70.9 Å². The lowest BCUT2D eigenvalue weighted by atomic mass is 9.98. The van der Waals surface area contributed by atoms with Crippen LogP contribution in [-0.4, -0.2) is 16.0 Å². The molecule has 4 heteroatoms. The highest BCUT2D eigenvalue weighted by atomic mass is 16.1. The summed E-state index contributed by atoms with van der Waals surface area (Å²) >= 11 is 0. The minimum absolute atomic E-state index is 0.122. The van der Waals surface area contributed by atoms with Crippen LogP contribution in [0, 0.1) is 18.3 Å². The molecule has 1 aromatic heterocycles. The maximum atomic E-state index is 12.5. The maximum Gasteiger partial charge on any atom is 0.203 e. The Hall–Kier alpha value is -3.19. The first-order valence-corrected chi connectivity index (χ1v) is 6.84. The van der Waals surface area contributed by atoms with E-state index in [0.717, 1.165) is 22.0 Å². The van der Waals surface area contributed by atoms with Gasteiger partial charge in [0.1, 0.15) is 11.6 Å². The number of aromatic amines is 1. The fourth-order valence-corrected chi connectivity index (χ4v) is 2.34. The van der Waals surface area contributed by atoms with Crippen molar-refractivity contribution < 1.29 is 4.79 Å². The van der Waals surface area contributed by atoms with Crippen molar-refractivity contribution in [3.8, 4) is 6.07 Å². The molecule has 2 aromatic carbocycles. The molecule has 106 valence electrons. The van der Waals surface area contributed by atoms with E-state index in [-0.39, 0.29) is 11.4 Å². The molecule has 0 radical (unpaired) electrons. The largest absolute Gasteiger partial charge is 0.288 e. The van der Waals surface area contributed by atoms with Gasteiger partial charge in [-0.05, 0) is 36.3 Å². The monoisotopic (exact) mass is 287 g/mol. The van der Waals surface area contributed by atoms with Crippen molar-refractivity contribution in [2.75, 3.05) is 0 Å². The molecule has 0 saturated heterocycles. The van der Waals surface area contributed by atoms with Crippen molar-refractivity contribution in [2.45, 2.75) is 6.92 Å². The molecule has 1 N–H and O–H groups in total. The topological polar surface area (TPSA) is 69.5 Å². The Bertz CT molecular complexity index is 929. The van der Waals surface area contributed by atoms with Gasteiger partial charge >= 0.3 is 0 Å².